The zero-order valence-corrected chi connectivity index (χ0v) is 74.1. The minimum atomic E-state index is -1.23. The molecule has 0 unspecified atom stereocenters. The molecule has 0 aromatic heterocycles. The summed E-state index contributed by atoms with van der Waals surface area (Å²) in [6.07, 6.45) is 16.9. The summed E-state index contributed by atoms with van der Waals surface area (Å²) in [4.78, 5) is 184. The van der Waals surface area contributed by atoms with Crippen molar-refractivity contribution in [3.05, 3.63) is 59.7 Å². The highest BCUT2D eigenvalue weighted by molar-refractivity contribution is 5.93. The van der Waals surface area contributed by atoms with Crippen LogP contribution >= 0.6 is 0 Å². The van der Waals surface area contributed by atoms with Crippen molar-refractivity contribution in [3.8, 4) is 11.5 Å². The molecule has 10 N–H and O–H groups in total. The molecule has 125 heavy (non-hydrogen) atoms. The second kappa shape index (κ2) is 71.9. The maximum atomic E-state index is 13.8. The molecule has 0 saturated heterocycles. The fourth-order valence-electron chi connectivity index (χ4n) is 12.5. The van der Waals surface area contributed by atoms with Crippen LogP contribution < -0.4 is 41.4 Å². The maximum Gasteiger partial charge on any atom is 0.335 e. The molecule has 0 aliphatic rings. The number of benzene rings is 2. The predicted molar refractivity (Wildman–Crippen MR) is 465 cm³/mol. The Balaban J connectivity index is 0.0000794. The van der Waals surface area contributed by atoms with Gasteiger partial charge in [0.05, 0.1) is 90.4 Å². The van der Waals surface area contributed by atoms with E-state index >= 15 is 0 Å². The zero-order valence-electron chi connectivity index (χ0n) is 74.1. The molecule has 4 atom stereocenters. The van der Waals surface area contributed by atoms with Crippen LogP contribution in [-0.2, 0) is 100 Å². The maximum absolute atomic E-state index is 13.8. The molecule has 0 heterocycles. The third-order valence-corrected chi connectivity index (χ3v) is 19.9. The second-order valence-corrected chi connectivity index (χ2v) is 31.7. The SMILES string of the molecule is CC(=O)[C@H](CCCCNC(=O)COCCOCCNC(=O)COCCOCCCC(=O)CC[C@H](NC(=O)CCCCCCCCCOc1ccc(C(=O)O)cc1)C(=O)O)CC(=O)[C@H](CCCCNC(=O)COCCOCCCC(=O)COCCOCCNC(=O)CC[C@H](NC(=O)CCCCCCCCCOc1ccc(C(=O)O)cc1)C(=O)O)CC(=O)C(C)(C)C.[HH].[HH]. The van der Waals surface area contributed by atoms with Crippen LogP contribution in [0.3, 0.4) is 0 Å². The number of carboxylic acid groups (broad SMARTS) is 4. The van der Waals surface area contributed by atoms with E-state index in [0.717, 1.165) is 77.0 Å². The van der Waals surface area contributed by atoms with Crippen molar-refractivity contribution in [1.82, 2.24) is 31.9 Å². The summed E-state index contributed by atoms with van der Waals surface area (Å²) in [5.74, 6) is -7.14. The van der Waals surface area contributed by atoms with Gasteiger partial charge in [-0.05, 0) is 133 Å². The zero-order chi connectivity index (χ0) is 91.9. The monoisotopic (exact) mass is 1780 g/mol. The smallest absolute Gasteiger partial charge is 0.335 e. The van der Waals surface area contributed by atoms with Crippen LogP contribution in [0.1, 0.15) is 257 Å². The number of Topliss-reactive ketones (excluding diaryl/α,β-unsaturated/α-hetero) is 5. The summed E-state index contributed by atoms with van der Waals surface area (Å²) in [6.45, 7) is 10.4. The Morgan fingerprint density at radius 2 is 0.680 bits per heavy atom. The number of aliphatic carboxylic acids is 2. The Hall–Kier alpha value is -9.23. The van der Waals surface area contributed by atoms with Crippen molar-refractivity contribution < 1.29 is 143 Å². The van der Waals surface area contributed by atoms with Gasteiger partial charge < -0.3 is 99.7 Å². The van der Waals surface area contributed by atoms with Gasteiger partial charge in [0.15, 0.2) is 5.78 Å². The van der Waals surface area contributed by atoms with Gasteiger partial charge in [0.1, 0.15) is 73.1 Å². The molecule has 710 valence electrons. The summed E-state index contributed by atoms with van der Waals surface area (Å²) in [5.41, 5.74) is -0.270. The third kappa shape index (κ3) is 62.5. The van der Waals surface area contributed by atoms with Crippen LogP contribution in [0.2, 0.25) is 0 Å². The molecule has 6 amide bonds. The summed E-state index contributed by atoms with van der Waals surface area (Å²) < 4.78 is 54.8. The number of ketones is 5. The van der Waals surface area contributed by atoms with E-state index < -0.39 is 59.1 Å². The van der Waals surface area contributed by atoms with Crippen molar-refractivity contribution in [1.29, 1.82) is 0 Å². The lowest BCUT2D eigenvalue weighted by atomic mass is 9.79. The molecular formula is C90H146N6O29. The number of hydrogen-bond acceptors (Lipinski definition) is 25. The molecule has 0 aliphatic heterocycles. The topological polar surface area (TPSA) is 501 Å². The first kappa shape index (κ1) is 112. The van der Waals surface area contributed by atoms with Gasteiger partial charge in [-0.3, -0.25) is 52.7 Å². The average molecular weight is 1780 g/mol. The Bertz CT molecular complexity index is 3460. The van der Waals surface area contributed by atoms with E-state index in [1.54, 1.807) is 45.0 Å². The van der Waals surface area contributed by atoms with Gasteiger partial charge in [-0.2, -0.15) is 0 Å². The van der Waals surface area contributed by atoms with Crippen LogP contribution in [0.15, 0.2) is 48.5 Å². The van der Waals surface area contributed by atoms with Crippen LogP contribution in [0, 0.1) is 17.3 Å². The number of rotatable bonds is 84. The molecule has 35 nitrogen and oxygen atoms in total. The van der Waals surface area contributed by atoms with E-state index in [9.17, 15) is 82.1 Å². The van der Waals surface area contributed by atoms with Gasteiger partial charge in [0.25, 0.3) is 0 Å². The molecule has 2 rings (SSSR count). The quantitative estimate of drug-likeness (QED) is 0.0275. The number of ether oxygens (including phenoxy) is 10. The highest BCUT2D eigenvalue weighted by atomic mass is 16.5. The van der Waals surface area contributed by atoms with E-state index in [2.05, 4.69) is 31.9 Å². The molecular weight excluding hydrogens is 1630 g/mol. The molecule has 0 radical (unpaired) electrons. The Morgan fingerprint density at radius 3 is 1.09 bits per heavy atom. The lowest BCUT2D eigenvalue weighted by Gasteiger charge is -2.23. The Morgan fingerprint density at radius 1 is 0.320 bits per heavy atom. The van der Waals surface area contributed by atoms with Crippen molar-refractivity contribution in [3.63, 3.8) is 0 Å². The Labute approximate surface area is 738 Å². The Kier molecular flexibility index (Phi) is 64.3. The second-order valence-electron chi connectivity index (χ2n) is 31.7. The number of nitrogens with one attached hydrogen (secondary N) is 6. The summed E-state index contributed by atoms with van der Waals surface area (Å²) in [6, 6.07) is 10.2. The summed E-state index contributed by atoms with van der Waals surface area (Å²) in [5, 5.41) is 53.2. The highest BCUT2D eigenvalue weighted by Crippen LogP contribution is 2.27. The first-order chi connectivity index (χ1) is 60.0. The summed E-state index contributed by atoms with van der Waals surface area (Å²) in [7, 11) is 0. The number of aromatic carboxylic acids is 2. The molecule has 0 fully saturated rings. The molecule has 0 aliphatic carbocycles. The first-order valence-corrected chi connectivity index (χ1v) is 44.3. The third-order valence-electron chi connectivity index (χ3n) is 19.9. The van der Waals surface area contributed by atoms with Crippen LogP contribution in [0.5, 0.6) is 11.5 Å². The standard InChI is InChI=1S/C90H142N6O29.2H2/c1-67(97)70(25-17-19-43-91-84(106)65-123-60-56-119-52-46-94-85(107)66-122-59-53-116-47-23-27-72(98)35-40-76(88(112)113)95-81(103)29-15-11-7-5-9-13-21-49-124-74-36-31-68(32-37-74)86(108)109)61-78(100)71(62-79(101)90(2,3)4)26-18-20-44-92-83(105)64-121-58-54-117-48-24-28-73(99)63-120-57-55-118-51-45-93-80(102)42-41-77(89(114)115)96-82(104)30-16-12-8-6-10-14-22-50-125-75-38-33-69(34-39-75)87(110)111;;/h31-34,36-39,70-71,76-77H,5-30,35,40-66H2,1-4H3,(H,91,106)(H,92,105)(H,93,102)(H,94,107)(H,95,103)(H,96,104)(H,108,109)(H,110,111)(H,112,113)(H,114,115);2*1H/t70-,71-,76+,77+;;/m1../s1. The number of hydrogen-bond donors (Lipinski definition) is 10. The van der Waals surface area contributed by atoms with Crippen LogP contribution in [0.25, 0.3) is 0 Å². The van der Waals surface area contributed by atoms with E-state index in [0.29, 0.717) is 109 Å². The molecule has 0 saturated carbocycles. The number of amides is 6. The highest BCUT2D eigenvalue weighted by Gasteiger charge is 2.31. The van der Waals surface area contributed by atoms with Gasteiger partial charge in [0, 0.05) is 111 Å². The van der Waals surface area contributed by atoms with Gasteiger partial charge in [-0.1, -0.05) is 97.8 Å². The van der Waals surface area contributed by atoms with Crippen molar-refractivity contribution in [2.24, 2.45) is 17.3 Å². The minimum absolute atomic E-state index is 0. The normalized spacial score (nSPS) is 12.2. The van der Waals surface area contributed by atoms with Gasteiger partial charge in [-0.15, -0.1) is 0 Å². The molecule has 2 aromatic carbocycles. The number of unbranched alkanes of at least 4 members (excludes halogenated alkanes) is 14. The van der Waals surface area contributed by atoms with E-state index in [1.807, 2.05) is 0 Å². The lowest BCUT2D eigenvalue weighted by Crippen LogP contribution is -2.41. The fraction of sp³-hybridized carbons (Fsp3) is 0.700. The molecule has 0 bridgehead atoms. The van der Waals surface area contributed by atoms with Crippen molar-refractivity contribution in [2.75, 3.05) is 145 Å². The number of carboxylic acids is 4. The molecule has 2 aromatic rings. The largest absolute Gasteiger partial charge is 0.494 e. The fourth-order valence-corrected chi connectivity index (χ4v) is 12.5. The van der Waals surface area contributed by atoms with E-state index in [1.165, 1.54) is 31.2 Å². The van der Waals surface area contributed by atoms with Crippen molar-refractivity contribution >= 4 is 88.2 Å². The van der Waals surface area contributed by atoms with E-state index in [4.69, 9.17) is 57.6 Å². The average Bonchev–Trinajstić information content (AvgIpc) is 0.875. The molecule has 0 spiro atoms. The number of carbonyl (C=O) groups excluding carboxylic acids is 11. The summed E-state index contributed by atoms with van der Waals surface area (Å²) >= 11 is 0. The van der Waals surface area contributed by atoms with Crippen molar-refractivity contribution in [2.45, 2.75) is 245 Å². The number of carbonyl (C=O) groups is 15. The van der Waals surface area contributed by atoms with Gasteiger partial charge >= 0.3 is 23.9 Å². The van der Waals surface area contributed by atoms with Crippen LogP contribution in [-0.4, -0.2) is 266 Å². The van der Waals surface area contributed by atoms with E-state index in [-0.39, 0.29) is 249 Å². The predicted octanol–water partition coefficient (Wildman–Crippen LogP) is 9.40. The van der Waals surface area contributed by atoms with Gasteiger partial charge in [-0.25, -0.2) is 19.2 Å². The van der Waals surface area contributed by atoms with Gasteiger partial charge in [0.2, 0.25) is 35.4 Å². The molecule has 35 heteroatoms. The first-order valence-electron chi connectivity index (χ1n) is 44.3. The van der Waals surface area contributed by atoms with Crippen LogP contribution in [0.4, 0.5) is 0 Å². The lowest BCUT2D eigenvalue weighted by molar-refractivity contribution is -0.142. The minimum Gasteiger partial charge on any atom is -0.494 e.